The predicted octanol–water partition coefficient (Wildman–Crippen LogP) is 5.67. The number of unbranched alkanes of at least 4 members (excludes halogenated alkanes) is 9. The average molecular weight is 545 g/mol. The summed E-state index contributed by atoms with van der Waals surface area (Å²) < 4.78 is 70.1. The molecule has 11 heteroatoms. The fourth-order valence-corrected chi connectivity index (χ4v) is 4.70. The van der Waals surface area contributed by atoms with Crippen molar-refractivity contribution in [1.82, 2.24) is 0 Å². The maximum Gasteiger partial charge on any atom is 0.298 e. The van der Waals surface area contributed by atoms with Crippen LogP contribution in [0.4, 0.5) is 0 Å². The summed E-state index contributed by atoms with van der Waals surface area (Å²) in [4.78, 5) is -0.673. The van der Waals surface area contributed by atoms with Gasteiger partial charge in [-0.1, -0.05) is 70.8 Å². The molecule has 0 unspecified atom stereocenters. The zero-order valence-corrected chi connectivity index (χ0v) is 26.7. The summed E-state index contributed by atoms with van der Waals surface area (Å²) in [6.45, 7) is 2.22. The number of hydrogen-bond acceptors (Lipinski definition) is 5. The van der Waals surface area contributed by atoms with Crippen LogP contribution in [0.1, 0.15) is 76.7 Å². The SMILES string of the molecule is CCCCCCCCCCCCc1ccc(S(=O)(=O)O)c(Oc2ccc(S(=O)(=O)O)cc2)c1.[Na].[Na]. The molecule has 0 bridgehead atoms. The topological polar surface area (TPSA) is 118 Å². The normalized spacial score (nSPS) is 11.4. The molecule has 0 saturated carbocycles. The van der Waals surface area contributed by atoms with E-state index in [-0.39, 0.29) is 80.4 Å². The van der Waals surface area contributed by atoms with Crippen molar-refractivity contribution >= 4 is 79.4 Å². The number of rotatable bonds is 15. The molecule has 2 aromatic rings. The zero-order chi connectivity index (χ0) is 24.3. The second-order valence-electron chi connectivity index (χ2n) is 8.24. The zero-order valence-electron chi connectivity index (χ0n) is 21.1. The van der Waals surface area contributed by atoms with Gasteiger partial charge in [-0.25, -0.2) is 0 Å². The van der Waals surface area contributed by atoms with Crippen LogP contribution in [0.25, 0.3) is 0 Å². The van der Waals surface area contributed by atoms with Crippen LogP contribution in [-0.2, 0) is 26.7 Å². The van der Waals surface area contributed by atoms with Crippen molar-refractivity contribution in [2.45, 2.75) is 87.3 Å². The Morgan fingerprint density at radius 2 is 1.20 bits per heavy atom. The first kappa shape index (κ1) is 35.1. The van der Waals surface area contributed by atoms with Crippen LogP contribution >= 0.6 is 0 Å². The third-order valence-electron chi connectivity index (χ3n) is 5.45. The van der Waals surface area contributed by atoms with Gasteiger partial charge >= 0.3 is 0 Å². The van der Waals surface area contributed by atoms with Crippen LogP contribution in [0.3, 0.4) is 0 Å². The summed E-state index contributed by atoms with van der Waals surface area (Å²) in [5, 5.41) is 0. The molecule has 7 nitrogen and oxygen atoms in total. The molecular formula is C24H34Na2O7S2. The first-order chi connectivity index (χ1) is 15.6. The summed E-state index contributed by atoms with van der Waals surface area (Å²) in [6, 6.07) is 9.43. The molecule has 2 radical (unpaired) electrons. The first-order valence-corrected chi connectivity index (χ1v) is 14.3. The van der Waals surface area contributed by atoms with E-state index in [0.717, 1.165) is 37.0 Å². The molecular weight excluding hydrogens is 510 g/mol. The van der Waals surface area contributed by atoms with Crippen molar-refractivity contribution in [3.05, 3.63) is 48.0 Å². The molecule has 0 aliphatic carbocycles. The van der Waals surface area contributed by atoms with Gasteiger partial charge in [0.1, 0.15) is 16.4 Å². The Morgan fingerprint density at radius 1 is 0.686 bits per heavy atom. The van der Waals surface area contributed by atoms with E-state index >= 15 is 0 Å². The molecule has 2 N–H and O–H groups in total. The quantitative estimate of drug-likeness (QED) is 0.168. The van der Waals surface area contributed by atoms with Gasteiger partial charge in [0.25, 0.3) is 20.2 Å². The summed E-state index contributed by atoms with van der Waals surface area (Å²) in [6.07, 6.45) is 13.0. The molecule has 35 heavy (non-hydrogen) atoms. The maximum atomic E-state index is 11.7. The Balaban J connectivity index is 0.00000578. The first-order valence-electron chi connectivity index (χ1n) is 11.5. The van der Waals surface area contributed by atoms with Crippen molar-refractivity contribution in [3.8, 4) is 11.5 Å². The van der Waals surface area contributed by atoms with Gasteiger partial charge in [-0.05, 0) is 54.8 Å². The van der Waals surface area contributed by atoms with Crippen LogP contribution < -0.4 is 4.74 Å². The summed E-state index contributed by atoms with van der Waals surface area (Å²) in [7, 11) is -8.85. The molecule has 186 valence electrons. The molecule has 0 fully saturated rings. The van der Waals surface area contributed by atoms with Gasteiger partial charge in [0.2, 0.25) is 0 Å². The molecule has 2 rings (SSSR count). The molecule has 0 aliphatic rings. The van der Waals surface area contributed by atoms with E-state index in [9.17, 15) is 21.4 Å². The van der Waals surface area contributed by atoms with Gasteiger partial charge in [0, 0.05) is 59.1 Å². The van der Waals surface area contributed by atoms with Crippen molar-refractivity contribution in [2.75, 3.05) is 0 Å². The minimum absolute atomic E-state index is 0. The van der Waals surface area contributed by atoms with Crippen LogP contribution in [0.15, 0.2) is 52.3 Å². The van der Waals surface area contributed by atoms with Gasteiger partial charge in [0.15, 0.2) is 0 Å². The van der Waals surface area contributed by atoms with E-state index in [1.54, 1.807) is 12.1 Å². The van der Waals surface area contributed by atoms with E-state index in [2.05, 4.69) is 6.92 Å². The molecule has 0 spiro atoms. The third-order valence-corrected chi connectivity index (χ3v) is 7.22. The number of hydrogen-bond donors (Lipinski definition) is 2. The number of aryl methyl sites for hydroxylation is 1. The maximum absolute atomic E-state index is 11.7. The summed E-state index contributed by atoms with van der Waals surface area (Å²) in [5.74, 6) is 0.130. The van der Waals surface area contributed by atoms with E-state index < -0.39 is 20.2 Å². The molecule has 0 aliphatic heterocycles. The van der Waals surface area contributed by atoms with E-state index in [1.807, 2.05) is 0 Å². The van der Waals surface area contributed by atoms with Gasteiger partial charge in [-0.2, -0.15) is 16.8 Å². The fourth-order valence-electron chi connectivity index (χ4n) is 3.62. The second-order valence-corrected chi connectivity index (χ2v) is 11.0. The summed E-state index contributed by atoms with van der Waals surface area (Å²) in [5.41, 5.74) is 0.881. The molecule has 0 atom stereocenters. The van der Waals surface area contributed by atoms with Gasteiger partial charge in [-0.15, -0.1) is 0 Å². The monoisotopic (exact) mass is 544 g/mol. The van der Waals surface area contributed by atoms with Crippen LogP contribution in [0.5, 0.6) is 11.5 Å². The molecule has 2 aromatic carbocycles. The second kappa shape index (κ2) is 17.5. The molecule has 0 saturated heterocycles. The summed E-state index contributed by atoms with van der Waals surface area (Å²) >= 11 is 0. The Morgan fingerprint density at radius 3 is 1.69 bits per heavy atom. The van der Waals surface area contributed by atoms with Crippen LogP contribution in [0, 0.1) is 0 Å². The predicted molar refractivity (Wildman–Crippen MR) is 140 cm³/mol. The van der Waals surface area contributed by atoms with Gasteiger partial charge in [0.05, 0.1) is 4.90 Å². The Bertz CT molecular complexity index is 1090. The van der Waals surface area contributed by atoms with E-state index in [1.165, 1.54) is 69.6 Å². The Labute approximate surface area is 254 Å². The minimum atomic E-state index is -4.51. The number of benzene rings is 2. The van der Waals surface area contributed by atoms with Crippen LogP contribution in [-0.4, -0.2) is 85.1 Å². The molecule has 0 amide bonds. The van der Waals surface area contributed by atoms with Crippen LogP contribution in [0.2, 0.25) is 0 Å². The minimum Gasteiger partial charge on any atom is -0.456 e. The molecule has 0 aromatic heterocycles. The Hall–Kier alpha value is 0.0600. The fraction of sp³-hybridized carbons (Fsp3) is 0.500. The average Bonchev–Trinajstić information content (AvgIpc) is 2.74. The van der Waals surface area contributed by atoms with Gasteiger partial charge in [-0.3, -0.25) is 9.11 Å². The molecule has 0 heterocycles. The number of ether oxygens (including phenoxy) is 1. The van der Waals surface area contributed by atoms with E-state index in [0.29, 0.717) is 0 Å². The largest absolute Gasteiger partial charge is 0.456 e. The van der Waals surface area contributed by atoms with Crippen molar-refractivity contribution < 1.29 is 30.7 Å². The van der Waals surface area contributed by atoms with Crippen molar-refractivity contribution in [2.24, 2.45) is 0 Å². The van der Waals surface area contributed by atoms with E-state index in [4.69, 9.17) is 9.29 Å². The standard InChI is InChI=1S/C24H34O7S2.2Na/c1-2-3-4-5-6-7-8-9-10-11-12-20-13-18-24(33(28,29)30)23(19-20)31-21-14-16-22(17-15-21)32(25,26)27;;/h13-19H,2-12H2,1H3,(H,25,26,27)(H,28,29,30);;. The van der Waals surface area contributed by atoms with Crippen molar-refractivity contribution in [3.63, 3.8) is 0 Å². The smallest absolute Gasteiger partial charge is 0.298 e. The van der Waals surface area contributed by atoms with Crippen molar-refractivity contribution in [1.29, 1.82) is 0 Å². The third kappa shape index (κ3) is 13.4. The Kier molecular flexibility index (Phi) is 17.6. The van der Waals surface area contributed by atoms with Gasteiger partial charge < -0.3 is 4.74 Å².